The van der Waals surface area contributed by atoms with Crippen LogP contribution in [0.5, 0.6) is 0 Å². The van der Waals surface area contributed by atoms with Crippen LogP contribution in [0.2, 0.25) is 0 Å². The fourth-order valence-corrected chi connectivity index (χ4v) is 4.17. The number of hydrogen-bond acceptors (Lipinski definition) is 3. The first-order chi connectivity index (χ1) is 8.11. The normalized spacial score (nSPS) is 30.2. The van der Waals surface area contributed by atoms with Crippen LogP contribution in [0.4, 0.5) is 0 Å². The average molecular weight is 251 g/mol. The minimum absolute atomic E-state index is 0.0140. The van der Waals surface area contributed by atoms with Crippen molar-refractivity contribution in [2.45, 2.75) is 11.4 Å². The van der Waals surface area contributed by atoms with E-state index in [2.05, 4.69) is 0 Å². The van der Waals surface area contributed by atoms with Crippen LogP contribution in [0.3, 0.4) is 0 Å². The monoisotopic (exact) mass is 251 g/mol. The molecule has 0 saturated carbocycles. The van der Waals surface area contributed by atoms with Gasteiger partial charge in [-0.25, -0.2) is 4.79 Å². The molecule has 6 heteroatoms. The highest BCUT2D eigenvalue weighted by atomic mass is 32.2. The minimum atomic E-state index is -1.34. The van der Waals surface area contributed by atoms with E-state index >= 15 is 0 Å². The second-order valence-corrected chi connectivity index (χ2v) is 5.59. The minimum Gasteiger partial charge on any atom is -0.480 e. The van der Waals surface area contributed by atoms with Crippen molar-refractivity contribution in [3.8, 4) is 0 Å². The first-order valence-electron chi connectivity index (χ1n) is 5.13. The number of hydrogen-bond donors (Lipinski definition) is 1. The molecular formula is C11H9NO4S. The maximum Gasteiger partial charge on any atom is 0.327 e. The van der Waals surface area contributed by atoms with E-state index in [4.69, 9.17) is 5.11 Å². The molecule has 0 aromatic heterocycles. The van der Waals surface area contributed by atoms with Crippen molar-refractivity contribution >= 4 is 22.7 Å². The highest BCUT2D eigenvalue weighted by Crippen LogP contribution is 2.42. The van der Waals surface area contributed by atoms with E-state index in [0.29, 0.717) is 11.1 Å². The number of amides is 1. The molecule has 0 aliphatic carbocycles. The van der Waals surface area contributed by atoms with Crippen molar-refractivity contribution in [2.75, 3.05) is 5.75 Å². The Morgan fingerprint density at radius 3 is 2.82 bits per heavy atom. The number of rotatable bonds is 1. The number of fused-ring (bicyclic) bond motifs is 3. The Labute approximate surface area is 99.5 Å². The molecule has 1 aromatic rings. The van der Waals surface area contributed by atoms with Gasteiger partial charge in [0.25, 0.3) is 5.91 Å². The molecule has 0 radical (unpaired) electrons. The first-order valence-corrected chi connectivity index (χ1v) is 6.51. The molecule has 2 aliphatic rings. The third-order valence-corrected chi connectivity index (χ3v) is 4.76. The van der Waals surface area contributed by atoms with Gasteiger partial charge in [0.15, 0.2) is 0 Å². The quantitative estimate of drug-likeness (QED) is 0.781. The van der Waals surface area contributed by atoms with Gasteiger partial charge in [-0.1, -0.05) is 18.2 Å². The summed E-state index contributed by atoms with van der Waals surface area (Å²) in [7, 11) is -1.34. The van der Waals surface area contributed by atoms with Crippen LogP contribution in [0.25, 0.3) is 0 Å². The van der Waals surface area contributed by atoms with Crippen LogP contribution in [0.15, 0.2) is 24.3 Å². The van der Waals surface area contributed by atoms with E-state index in [1.165, 1.54) is 4.90 Å². The van der Waals surface area contributed by atoms with Crippen LogP contribution in [0, 0.1) is 0 Å². The number of nitrogens with zero attached hydrogens (tertiary/aromatic N) is 1. The number of carbonyl (C=O) groups excluding carboxylic acids is 1. The topological polar surface area (TPSA) is 74.7 Å². The Hall–Kier alpha value is -1.69. The van der Waals surface area contributed by atoms with Crippen molar-refractivity contribution in [3.05, 3.63) is 35.4 Å². The van der Waals surface area contributed by atoms with E-state index in [1.54, 1.807) is 24.3 Å². The van der Waals surface area contributed by atoms with Crippen LogP contribution in [-0.4, -0.2) is 37.9 Å². The Morgan fingerprint density at radius 2 is 2.12 bits per heavy atom. The molecular weight excluding hydrogens is 242 g/mol. The van der Waals surface area contributed by atoms with Crippen molar-refractivity contribution in [3.63, 3.8) is 0 Å². The van der Waals surface area contributed by atoms with Crippen LogP contribution < -0.4 is 0 Å². The van der Waals surface area contributed by atoms with E-state index < -0.39 is 28.2 Å². The number of carboxylic acids is 1. The van der Waals surface area contributed by atoms with Crippen molar-refractivity contribution in [1.29, 1.82) is 0 Å². The summed E-state index contributed by atoms with van der Waals surface area (Å²) in [5.74, 6) is -1.41. The summed E-state index contributed by atoms with van der Waals surface area (Å²) >= 11 is 0. The summed E-state index contributed by atoms with van der Waals surface area (Å²) in [6, 6.07) is 5.89. The molecule has 1 N–H and O–H groups in total. The molecule has 2 heterocycles. The molecule has 3 rings (SSSR count). The lowest BCUT2D eigenvalue weighted by Crippen LogP contribution is -2.39. The highest BCUT2D eigenvalue weighted by molar-refractivity contribution is 7.85. The van der Waals surface area contributed by atoms with E-state index in [9.17, 15) is 13.8 Å². The molecule has 0 bridgehead atoms. The molecule has 1 saturated heterocycles. The Morgan fingerprint density at radius 1 is 1.41 bits per heavy atom. The number of aliphatic carboxylic acids is 1. The molecule has 88 valence electrons. The number of benzene rings is 1. The molecule has 1 aromatic carbocycles. The molecule has 2 aliphatic heterocycles. The van der Waals surface area contributed by atoms with Gasteiger partial charge in [0.1, 0.15) is 11.4 Å². The largest absolute Gasteiger partial charge is 0.480 e. The summed E-state index contributed by atoms with van der Waals surface area (Å²) < 4.78 is 11.9. The third-order valence-electron chi connectivity index (χ3n) is 3.14. The summed E-state index contributed by atoms with van der Waals surface area (Å²) in [4.78, 5) is 24.4. The Bertz CT molecular complexity index is 556. The SMILES string of the molecule is O=C(O)[C@@H]1C[S@@](=O)[C@H]2c3ccccc3C(=O)N12. The molecule has 0 unspecified atom stereocenters. The van der Waals surface area contributed by atoms with Gasteiger partial charge in [-0.3, -0.25) is 9.00 Å². The van der Waals surface area contributed by atoms with Gasteiger partial charge in [-0.2, -0.15) is 0 Å². The average Bonchev–Trinajstić information content (AvgIpc) is 2.79. The molecule has 3 atom stereocenters. The van der Waals surface area contributed by atoms with Crippen molar-refractivity contribution < 1.29 is 18.9 Å². The fraction of sp³-hybridized carbons (Fsp3) is 0.273. The smallest absolute Gasteiger partial charge is 0.327 e. The summed E-state index contributed by atoms with van der Waals surface area (Å²) in [5, 5.41) is 8.46. The molecule has 5 nitrogen and oxygen atoms in total. The summed E-state index contributed by atoms with van der Waals surface area (Å²) in [6.07, 6.45) is 0. The third kappa shape index (κ3) is 1.27. The van der Waals surface area contributed by atoms with Gasteiger partial charge in [-0.05, 0) is 6.07 Å². The standard InChI is InChI=1S/C11H9NO4S/c13-9-6-3-1-2-4-7(6)10-12(9)8(11(14)15)5-17(10)16/h1-4,8,10H,5H2,(H,14,15)/t8-,10-,17+/m0/s1. The fourth-order valence-electron chi connectivity index (χ4n) is 2.39. The molecule has 1 fully saturated rings. The van der Waals surface area contributed by atoms with Crippen LogP contribution in [-0.2, 0) is 15.6 Å². The first kappa shape index (κ1) is 10.5. The zero-order chi connectivity index (χ0) is 12.2. The van der Waals surface area contributed by atoms with Gasteiger partial charge in [0.2, 0.25) is 0 Å². The molecule has 17 heavy (non-hydrogen) atoms. The second kappa shape index (κ2) is 3.40. The number of carboxylic acid groups (broad SMARTS) is 1. The maximum absolute atomic E-state index is 12.1. The zero-order valence-corrected chi connectivity index (χ0v) is 9.52. The summed E-state index contributed by atoms with van der Waals surface area (Å²) in [6.45, 7) is 0. The van der Waals surface area contributed by atoms with Gasteiger partial charge in [0, 0.05) is 11.1 Å². The summed E-state index contributed by atoms with van der Waals surface area (Å²) in [5.41, 5.74) is 1.15. The van der Waals surface area contributed by atoms with E-state index in [0.717, 1.165) is 0 Å². The van der Waals surface area contributed by atoms with Crippen molar-refractivity contribution in [2.24, 2.45) is 0 Å². The predicted molar refractivity (Wildman–Crippen MR) is 59.8 cm³/mol. The molecule has 0 spiro atoms. The predicted octanol–water partition coefficient (Wildman–Crippen LogP) is 0.357. The van der Waals surface area contributed by atoms with E-state index in [1.807, 2.05) is 0 Å². The van der Waals surface area contributed by atoms with Crippen molar-refractivity contribution in [1.82, 2.24) is 4.90 Å². The van der Waals surface area contributed by atoms with Gasteiger partial charge < -0.3 is 10.0 Å². The Kier molecular flexibility index (Phi) is 2.09. The lowest BCUT2D eigenvalue weighted by Gasteiger charge is -2.18. The Balaban J connectivity index is 2.15. The second-order valence-electron chi connectivity index (χ2n) is 4.05. The van der Waals surface area contributed by atoms with Gasteiger partial charge in [-0.15, -0.1) is 0 Å². The lowest BCUT2D eigenvalue weighted by atomic mass is 10.1. The maximum atomic E-state index is 12.1. The van der Waals surface area contributed by atoms with Gasteiger partial charge >= 0.3 is 5.97 Å². The molecule has 1 amide bonds. The highest BCUT2D eigenvalue weighted by Gasteiger charge is 2.52. The number of carbonyl (C=O) groups is 2. The zero-order valence-electron chi connectivity index (χ0n) is 8.70. The van der Waals surface area contributed by atoms with Crippen LogP contribution in [0.1, 0.15) is 21.3 Å². The lowest BCUT2D eigenvalue weighted by molar-refractivity contribution is -0.141. The van der Waals surface area contributed by atoms with Crippen LogP contribution >= 0.6 is 0 Å². The van der Waals surface area contributed by atoms with Gasteiger partial charge in [0.05, 0.1) is 16.6 Å². The van der Waals surface area contributed by atoms with E-state index in [-0.39, 0.29) is 11.7 Å².